The van der Waals surface area contributed by atoms with Crippen molar-refractivity contribution in [3.8, 4) is 0 Å². The summed E-state index contributed by atoms with van der Waals surface area (Å²) in [6, 6.07) is 0. The van der Waals surface area contributed by atoms with Crippen molar-refractivity contribution in [3.63, 3.8) is 0 Å². The molecule has 6 nitrogen and oxygen atoms in total. The fourth-order valence-corrected chi connectivity index (χ4v) is 5.78. The van der Waals surface area contributed by atoms with Crippen molar-refractivity contribution in [1.29, 1.82) is 0 Å². The van der Waals surface area contributed by atoms with E-state index in [2.05, 4.69) is 21.8 Å². The second-order valence-electron chi connectivity index (χ2n) is 7.25. The summed E-state index contributed by atoms with van der Waals surface area (Å²) >= 11 is 0. The van der Waals surface area contributed by atoms with Gasteiger partial charge in [0.05, 0.1) is 23.2 Å². The second kappa shape index (κ2) is 6.53. The zero-order chi connectivity index (χ0) is 16.5. The van der Waals surface area contributed by atoms with Crippen molar-refractivity contribution in [2.24, 2.45) is 0 Å². The van der Waals surface area contributed by atoms with E-state index < -0.39 is 9.84 Å². The third-order valence-corrected chi connectivity index (χ3v) is 6.97. The lowest BCUT2D eigenvalue weighted by atomic mass is 10.0. The smallest absolute Gasteiger partial charge is 0.152 e. The fourth-order valence-electron chi connectivity index (χ4n) is 3.66. The van der Waals surface area contributed by atoms with Crippen LogP contribution in [0.3, 0.4) is 0 Å². The minimum atomic E-state index is -2.91. The van der Waals surface area contributed by atoms with E-state index in [0.29, 0.717) is 6.42 Å². The maximum atomic E-state index is 11.8. The van der Waals surface area contributed by atoms with Crippen LogP contribution in [0.5, 0.6) is 0 Å². The maximum Gasteiger partial charge on any atom is 0.152 e. The number of piperazine rings is 1. The number of sulfone groups is 1. The van der Waals surface area contributed by atoms with Crippen molar-refractivity contribution < 1.29 is 8.42 Å². The lowest BCUT2D eigenvalue weighted by molar-refractivity contribution is 0.127. The van der Waals surface area contributed by atoms with Crippen molar-refractivity contribution >= 4 is 9.84 Å². The molecule has 0 N–H and O–H groups in total. The molecule has 1 unspecified atom stereocenters. The Balaban J connectivity index is 1.58. The summed E-state index contributed by atoms with van der Waals surface area (Å²) < 4.78 is 25.4. The van der Waals surface area contributed by atoms with E-state index in [1.165, 1.54) is 18.5 Å². The van der Waals surface area contributed by atoms with E-state index >= 15 is 0 Å². The van der Waals surface area contributed by atoms with Gasteiger partial charge in [-0.05, 0) is 26.3 Å². The molecule has 0 aromatic carbocycles. The van der Waals surface area contributed by atoms with Crippen LogP contribution in [0.2, 0.25) is 0 Å². The molecule has 130 valence electrons. The molecule has 1 atom stereocenters. The average molecular weight is 340 g/mol. The Kier molecular flexibility index (Phi) is 4.80. The largest absolute Gasteiger partial charge is 0.301 e. The van der Waals surface area contributed by atoms with Crippen molar-refractivity contribution in [1.82, 2.24) is 19.6 Å². The number of hydrogen-bond donors (Lipinski definition) is 0. The quantitative estimate of drug-likeness (QED) is 0.799. The van der Waals surface area contributed by atoms with Crippen LogP contribution in [0, 0.1) is 0 Å². The van der Waals surface area contributed by atoms with Gasteiger partial charge in [-0.15, -0.1) is 0 Å². The monoisotopic (exact) mass is 340 g/mol. The van der Waals surface area contributed by atoms with E-state index in [1.807, 2.05) is 24.0 Å². The predicted octanol–water partition coefficient (Wildman–Crippen LogP) is 0.944. The molecule has 23 heavy (non-hydrogen) atoms. The summed E-state index contributed by atoms with van der Waals surface area (Å²) in [5.41, 5.74) is 0.802. The minimum Gasteiger partial charge on any atom is -0.301 e. The standard InChI is InChI=1S/C16H28N4O2S/c1-3-5-18-6-8-19(9-7-18)12-15-11-17-20(13-15)16(2)4-10-23(21,22)14-16/h11,13H,3-10,12,14H2,1-2H3. The van der Waals surface area contributed by atoms with Gasteiger partial charge in [-0.2, -0.15) is 5.10 Å². The number of aromatic nitrogens is 2. The van der Waals surface area contributed by atoms with Gasteiger partial charge in [0.2, 0.25) is 0 Å². The molecule has 3 rings (SSSR count). The van der Waals surface area contributed by atoms with Crippen LogP contribution in [-0.2, 0) is 21.9 Å². The third-order valence-electron chi connectivity index (χ3n) is 5.08. The van der Waals surface area contributed by atoms with Crippen LogP contribution >= 0.6 is 0 Å². The molecule has 0 radical (unpaired) electrons. The van der Waals surface area contributed by atoms with Crippen molar-refractivity contribution in [2.45, 2.75) is 38.8 Å². The summed E-state index contributed by atoms with van der Waals surface area (Å²) in [5, 5.41) is 4.46. The van der Waals surface area contributed by atoms with Gasteiger partial charge < -0.3 is 4.90 Å². The second-order valence-corrected chi connectivity index (χ2v) is 9.43. The average Bonchev–Trinajstić information content (AvgIpc) is 3.07. The van der Waals surface area contributed by atoms with Crippen LogP contribution in [0.4, 0.5) is 0 Å². The highest BCUT2D eigenvalue weighted by Gasteiger charge is 2.40. The zero-order valence-corrected chi connectivity index (χ0v) is 15.1. The van der Waals surface area contributed by atoms with Gasteiger partial charge in [0.25, 0.3) is 0 Å². The molecule has 1 aromatic heterocycles. The normalized spacial score (nSPS) is 29.1. The van der Waals surface area contributed by atoms with E-state index in [0.717, 1.165) is 32.7 Å². The van der Waals surface area contributed by atoms with Crippen molar-refractivity contribution in [3.05, 3.63) is 18.0 Å². The Hall–Kier alpha value is -0.920. The van der Waals surface area contributed by atoms with Gasteiger partial charge in [0, 0.05) is 44.5 Å². The SMILES string of the molecule is CCCN1CCN(Cc2cnn(C3(C)CCS(=O)(=O)C3)c2)CC1. The summed E-state index contributed by atoms with van der Waals surface area (Å²) in [4.78, 5) is 4.98. The molecular weight excluding hydrogens is 312 g/mol. The van der Waals surface area contributed by atoms with Gasteiger partial charge >= 0.3 is 0 Å². The van der Waals surface area contributed by atoms with Gasteiger partial charge in [-0.25, -0.2) is 8.42 Å². The van der Waals surface area contributed by atoms with Gasteiger partial charge in [-0.3, -0.25) is 9.58 Å². The predicted molar refractivity (Wildman–Crippen MR) is 91.2 cm³/mol. The Morgan fingerprint density at radius 2 is 1.91 bits per heavy atom. The molecule has 1 aromatic rings. The maximum absolute atomic E-state index is 11.8. The molecule has 0 bridgehead atoms. The molecule has 0 spiro atoms. The van der Waals surface area contributed by atoms with Crippen LogP contribution in [0.25, 0.3) is 0 Å². The molecule has 2 saturated heterocycles. The molecule has 0 amide bonds. The minimum absolute atomic E-state index is 0.205. The van der Waals surface area contributed by atoms with E-state index in [9.17, 15) is 8.42 Å². The molecule has 2 aliphatic rings. The lowest BCUT2D eigenvalue weighted by Gasteiger charge is -2.34. The van der Waals surface area contributed by atoms with Crippen LogP contribution in [0.15, 0.2) is 12.4 Å². The zero-order valence-electron chi connectivity index (χ0n) is 14.2. The van der Waals surface area contributed by atoms with Crippen molar-refractivity contribution in [2.75, 3.05) is 44.2 Å². The third kappa shape index (κ3) is 3.95. The molecular formula is C16H28N4O2S. The summed E-state index contributed by atoms with van der Waals surface area (Å²) in [6.45, 7) is 10.8. The summed E-state index contributed by atoms with van der Waals surface area (Å²) in [5.74, 6) is 0.481. The summed E-state index contributed by atoms with van der Waals surface area (Å²) in [6.07, 6.45) is 5.81. The molecule has 0 aliphatic carbocycles. The van der Waals surface area contributed by atoms with Gasteiger partial charge in [0.1, 0.15) is 0 Å². The molecule has 0 saturated carbocycles. The van der Waals surface area contributed by atoms with Gasteiger partial charge in [-0.1, -0.05) is 6.92 Å². The molecule has 3 heterocycles. The topological polar surface area (TPSA) is 58.4 Å². The molecule has 7 heteroatoms. The first-order valence-electron chi connectivity index (χ1n) is 8.59. The first-order chi connectivity index (χ1) is 10.9. The first-order valence-corrected chi connectivity index (χ1v) is 10.4. The van der Waals surface area contributed by atoms with E-state index in [-0.39, 0.29) is 17.0 Å². The van der Waals surface area contributed by atoms with Crippen LogP contribution in [-0.4, -0.2) is 72.2 Å². The highest BCUT2D eigenvalue weighted by atomic mass is 32.2. The van der Waals surface area contributed by atoms with E-state index in [4.69, 9.17) is 0 Å². The first kappa shape index (κ1) is 16.9. The Morgan fingerprint density at radius 3 is 2.52 bits per heavy atom. The van der Waals surface area contributed by atoms with Crippen LogP contribution in [0.1, 0.15) is 32.3 Å². The highest BCUT2D eigenvalue weighted by Crippen LogP contribution is 2.30. The molecule has 2 fully saturated rings. The molecule has 2 aliphatic heterocycles. The van der Waals surface area contributed by atoms with Crippen LogP contribution < -0.4 is 0 Å². The Bertz CT molecular complexity index is 634. The van der Waals surface area contributed by atoms with E-state index in [1.54, 1.807) is 0 Å². The fraction of sp³-hybridized carbons (Fsp3) is 0.812. The Morgan fingerprint density at radius 1 is 1.22 bits per heavy atom. The number of rotatable bonds is 5. The highest BCUT2D eigenvalue weighted by molar-refractivity contribution is 7.91. The Labute approximate surface area is 139 Å². The summed E-state index contributed by atoms with van der Waals surface area (Å²) in [7, 11) is -2.91. The number of nitrogens with zero attached hydrogens (tertiary/aromatic N) is 4. The van der Waals surface area contributed by atoms with Gasteiger partial charge in [0.15, 0.2) is 9.84 Å². The number of hydrogen-bond acceptors (Lipinski definition) is 5. The lowest BCUT2D eigenvalue weighted by Crippen LogP contribution is -2.45.